The second kappa shape index (κ2) is 5.77. The van der Waals surface area contributed by atoms with E-state index in [0.717, 1.165) is 24.3 Å². The molecule has 0 radical (unpaired) electrons. The smallest absolute Gasteiger partial charge is 0.00207 e. The first-order valence-electron chi connectivity index (χ1n) is 3.53. The van der Waals surface area contributed by atoms with Gasteiger partial charge < -0.3 is 10.6 Å². The molecule has 0 fully saturated rings. The van der Waals surface area contributed by atoms with Gasteiger partial charge in [0.05, 0.1) is 0 Å². The van der Waals surface area contributed by atoms with Crippen LogP contribution in [0, 0.1) is 0 Å². The Kier molecular flexibility index (Phi) is 5.78. The number of thiocarbonyl (C=S) groups is 1. The topological polar surface area (TPSA) is 29.3 Å². The Labute approximate surface area is 68.4 Å². The van der Waals surface area contributed by atoms with Crippen LogP contribution in [0.1, 0.15) is 12.8 Å². The highest BCUT2D eigenvalue weighted by molar-refractivity contribution is 7.80. The van der Waals surface area contributed by atoms with Gasteiger partial charge in [0.2, 0.25) is 0 Å². The van der Waals surface area contributed by atoms with E-state index in [2.05, 4.69) is 4.90 Å². The van der Waals surface area contributed by atoms with Crippen molar-refractivity contribution in [1.82, 2.24) is 4.90 Å². The lowest BCUT2D eigenvalue weighted by molar-refractivity contribution is 0.422. The highest BCUT2D eigenvalue weighted by Crippen LogP contribution is 1.92. The zero-order valence-corrected chi connectivity index (χ0v) is 7.58. The van der Waals surface area contributed by atoms with Gasteiger partial charge in [-0.15, -0.1) is 0 Å². The van der Waals surface area contributed by atoms with E-state index in [4.69, 9.17) is 18.0 Å². The summed E-state index contributed by atoms with van der Waals surface area (Å²) in [6.07, 6.45) is 1.89. The van der Waals surface area contributed by atoms with Crippen molar-refractivity contribution in [3.05, 3.63) is 0 Å². The third kappa shape index (κ3) is 6.13. The highest BCUT2D eigenvalue weighted by atomic mass is 32.1. The molecule has 2 N–H and O–H groups in total. The minimum atomic E-state index is 0.687. The van der Waals surface area contributed by atoms with Crippen LogP contribution in [0.4, 0.5) is 0 Å². The van der Waals surface area contributed by atoms with E-state index in [9.17, 15) is 0 Å². The van der Waals surface area contributed by atoms with Crippen molar-refractivity contribution in [3.8, 4) is 0 Å². The fourth-order valence-electron chi connectivity index (χ4n) is 0.634. The maximum absolute atomic E-state index is 5.33. The van der Waals surface area contributed by atoms with Gasteiger partial charge in [0.15, 0.2) is 0 Å². The molecule has 0 aliphatic carbocycles. The normalized spacial score (nSPS) is 10.4. The van der Waals surface area contributed by atoms with Crippen LogP contribution in [0.15, 0.2) is 0 Å². The summed E-state index contributed by atoms with van der Waals surface area (Å²) < 4.78 is 0. The summed E-state index contributed by atoms with van der Waals surface area (Å²) in [6, 6.07) is 0. The monoisotopic (exact) mass is 160 g/mol. The SMILES string of the molecule is CN(C)CCC(=S)CCN. The molecule has 0 aliphatic heterocycles. The Morgan fingerprint density at radius 2 is 2.00 bits per heavy atom. The molecule has 0 saturated heterocycles. The minimum absolute atomic E-state index is 0.687. The zero-order valence-electron chi connectivity index (χ0n) is 6.76. The van der Waals surface area contributed by atoms with Gasteiger partial charge >= 0.3 is 0 Å². The van der Waals surface area contributed by atoms with Gasteiger partial charge in [0.1, 0.15) is 0 Å². The molecule has 0 atom stereocenters. The summed E-state index contributed by atoms with van der Waals surface area (Å²) in [5.41, 5.74) is 5.33. The van der Waals surface area contributed by atoms with Gasteiger partial charge in [0, 0.05) is 6.54 Å². The third-order valence-electron chi connectivity index (χ3n) is 1.26. The van der Waals surface area contributed by atoms with Gasteiger partial charge in [-0.2, -0.15) is 0 Å². The predicted octanol–water partition coefficient (Wildman–Crippen LogP) is 0.657. The number of nitrogens with two attached hydrogens (primary N) is 1. The number of nitrogens with zero attached hydrogens (tertiary/aromatic N) is 1. The lowest BCUT2D eigenvalue weighted by Gasteiger charge is -2.08. The number of hydrogen-bond donors (Lipinski definition) is 1. The molecule has 0 saturated carbocycles. The van der Waals surface area contributed by atoms with Gasteiger partial charge in [-0.1, -0.05) is 12.2 Å². The second-order valence-corrected chi connectivity index (χ2v) is 3.21. The molecule has 10 heavy (non-hydrogen) atoms. The maximum atomic E-state index is 5.33. The van der Waals surface area contributed by atoms with Crippen LogP contribution < -0.4 is 5.73 Å². The van der Waals surface area contributed by atoms with Crippen LogP contribution in [0.2, 0.25) is 0 Å². The summed E-state index contributed by atoms with van der Waals surface area (Å²) in [5.74, 6) is 0. The van der Waals surface area contributed by atoms with Crippen molar-refractivity contribution in [2.75, 3.05) is 27.2 Å². The van der Waals surface area contributed by atoms with Crippen LogP contribution in [0.5, 0.6) is 0 Å². The van der Waals surface area contributed by atoms with Crippen molar-refractivity contribution < 1.29 is 0 Å². The fraction of sp³-hybridized carbons (Fsp3) is 0.857. The molecule has 0 aromatic rings. The Morgan fingerprint density at radius 3 is 2.40 bits per heavy atom. The molecule has 60 valence electrons. The van der Waals surface area contributed by atoms with E-state index < -0.39 is 0 Å². The summed E-state index contributed by atoms with van der Waals surface area (Å²) in [5, 5.41) is 0. The maximum Gasteiger partial charge on any atom is 0.00207 e. The van der Waals surface area contributed by atoms with Crippen LogP contribution in [-0.4, -0.2) is 36.9 Å². The quantitative estimate of drug-likeness (QED) is 0.599. The van der Waals surface area contributed by atoms with Crippen LogP contribution >= 0.6 is 12.2 Å². The summed E-state index contributed by atoms with van der Waals surface area (Å²) >= 11 is 5.06. The second-order valence-electron chi connectivity index (χ2n) is 2.63. The lowest BCUT2D eigenvalue weighted by atomic mass is 10.2. The van der Waals surface area contributed by atoms with Crippen molar-refractivity contribution in [1.29, 1.82) is 0 Å². The first kappa shape index (κ1) is 10.0. The summed E-state index contributed by atoms with van der Waals surface area (Å²) in [6.45, 7) is 1.73. The number of rotatable bonds is 5. The minimum Gasteiger partial charge on any atom is -0.330 e. The van der Waals surface area contributed by atoms with Crippen molar-refractivity contribution in [2.24, 2.45) is 5.73 Å². The predicted molar refractivity (Wildman–Crippen MR) is 49.4 cm³/mol. The van der Waals surface area contributed by atoms with Gasteiger partial charge in [-0.05, 0) is 38.3 Å². The first-order chi connectivity index (χ1) is 4.66. The van der Waals surface area contributed by atoms with Crippen LogP contribution in [0.25, 0.3) is 0 Å². The van der Waals surface area contributed by atoms with E-state index in [1.807, 2.05) is 14.1 Å². The van der Waals surface area contributed by atoms with E-state index in [1.165, 1.54) is 0 Å². The average molecular weight is 160 g/mol. The van der Waals surface area contributed by atoms with Gasteiger partial charge in [-0.25, -0.2) is 0 Å². The first-order valence-corrected chi connectivity index (χ1v) is 3.94. The molecule has 3 heteroatoms. The van der Waals surface area contributed by atoms with E-state index in [0.29, 0.717) is 6.54 Å². The van der Waals surface area contributed by atoms with Crippen molar-refractivity contribution >= 4 is 17.1 Å². The van der Waals surface area contributed by atoms with Gasteiger partial charge in [0.25, 0.3) is 0 Å². The molecule has 0 spiro atoms. The van der Waals surface area contributed by atoms with E-state index in [-0.39, 0.29) is 0 Å². The Morgan fingerprint density at radius 1 is 1.40 bits per heavy atom. The molecule has 0 aliphatic rings. The zero-order chi connectivity index (χ0) is 7.98. The molecule has 0 aromatic heterocycles. The third-order valence-corrected chi connectivity index (χ3v) is 1.67. The van der Waals surface area contributed by atoms with Crippen LogP contribution in [-0.2, 0) is 0 Å². The van der Waals surface area contributed by atoms with E-state index >= 15 is 0 Å². The molecular formula is C7H16N2S. The molecule has 0 heterocycles. The average Bonchev–Trinajstić information content (AvgIpc) is 1.85. The molecule has 0 bridgehead atoms. The lowest BCUT2D eigenvalue weighted by Crippen LogP contribution is -2.17. The highest BCUT2D eigenvalue weighted by Gasteiger charge is 1.95. The summed E-state index contributed by atoms with van der Waals surface area (Å²) in [7, 11) is 4.09. The molecular weight excluding hydrogens is 144 g/mol. The molecule has 0 unspecified atom stereocenters. The largest absolute Gasteiger partial charge is 0.330 e. The Bertz CT molecular complexity index is 102. The number of hydrogen-bond acceptors (Lipinski definition) is 3. The van der Waals surface area contributed by atoms with E-state index in [1.54, 1.807) is 0 Å². The molecule has 0 aromatic carbocycles. The standard InChI is InChI=1S/C7H16N2S/c1-9(2)6-4-7(10)3-5-8/h3-6,8H2,1-2H3. The molecule has 0 rings (SSSR count). The Hall–Kier alpha value is 0.01000. The Balaban J connectivity index is 3.22. The van der Waals surface area contributed by atoms with Crippen LogP contribution in [0.3, 0.4) is 0 Å². The fourth-order valence-corrected chi connectivity index (χ4v) is 0.843. The molecule has 2 nitrogen and oxygen atoms in total. The van der Waals surface area contributed by atoms with Crippen molar-refractivity contribution in [3.63, 3.8) is 0 Å². The van der Waals surface area contributed by atoms with Gasteiger partial charge in [-0.3, -0.25) is 0 Å². The molecule has 0 amide bonds. The van der Waals surface area contributed by atoms with Crippen molar-refractivity contribution in [2.45, 2.75) is 12.8 Å². The summed E-state index contributed by atoms with van der Waals surface area (Å²) in [4.78, 5) is 3.22.